The first kappa shape index (κ1) is 14.5. The fourth-order valence-electron chi connectivity index (χ4n) is 1.86. The topological polar surface area (TPSA) is 90.4 Å². The number of hydrogen-bond donors (Lipinski definition) is 3. The van der Waals surface area contributed by atoms with Gasteiger partial charge in [-0.2, -0.15) is 0 Å². The van der Waals surface area contributed by atoms with E-state index in [0.717, 1.165) is 5.56 Å². The molecule has 0 bridgehead atoms. The van der Waals surface area contributed by atoms with Gasteiger partial charge in [0.15, 0.2) is 0 Å². The van der Waals surface area contributed by atoms with Crippen molar-refractivity contribution >= 4 is 17.5 Å². The molecule has 0 saturated heterocycles. The van der Waals surface area contributed by atoms with Crippen LogP contribution in [0.4, 0.5) is 4.39 Å². The number of carboxylic acids is 1. The number of benzene rings is 1. The summed E-state index contributed by atoms with van der Waals surface area (Å²) >= 11 is 0. The highest BCUT2D eigenvalue weighted by molar-refractivity contribution is 6.38. The Kier molecular flexibility index (Phi) is 4.18. The zero-order valence-electron chi connectivity index (χ0n) is 10.8. The number of hydrogen-bond acceptors (Lipinski definition) is 3. The van der Waals surface area contributed by atoms with Crippen LogP contribution in [0.1, 0.15) is 16.8 Å². The molecule has 3 N–H and O–H groups in total. The number of aliphatic carboxylic acids is 1. The number of aliphatic hydroxyl groups excluding tert-OH is 1. The highest BCUT2D eigenvalue weighted by Crippen LogP contribution is 2.19. The first-order valence-corrected chi connectivity index (χ1v) is 6.06. The Morgan fingerprint density at radius 3 is 2.43 bits per heavy atom. The largest absolute Gasteiger partial charge is 0.507 e. The molecule has 21 heavy (non-hydrogen) atoms. The van der Waals surface area contributed by atoms with Crippen LogP contribution in [0.15, 0.2) is 42.6 Å². The number of H-pyrrole nitrogens is 1. The number of nitrogens with one attached hydrogen (secondary N) is 1. The van der Waals surface area contributed by atoms with Gasteiger partial charge in [0.2, 0.25) is 0 Å². The van der Waals surface area contributed by atoms with Crippen molar-refractivity contribution in [2.75, 3.05) is 0 Å². The molecule has 1 heterocycles. The lowest BCUT2D eigenvalue weighted by Crippen LogP contribution is -2.09. The minimum absolute atomic E-state index is 0.328. The fourth-order valence-corrected chi connectivity index (χ4v) is 1.86. The summed E-state index contributed by atoms with van der Waals surface area (Å²) in [5.41, 5.74) is 1.72. The number of aliphatic hydroxyl groups is 1. The SMILES string of the molecule is O=C(O)C(=O)C=C(O)c1cc[nH]c1Cc1ccc(F)cc1. The monoisotopic (exact) mass is 289 g/mol. The molecule has 0 atom stereocenters. The summed E-state index contributed by atoms with van der Waals surface area (Å²) in [6.07, 6.45) is 2.59. The molecule has 5 nitrogen and oxygen atoms in total. The van der Waals surface area contributed by atoms with Crippen molar-refractivity contribution in [1.82, 2.24) is 4.98 Å². The van der Waals surface area contributed by atoms with Crippen LogP contribution in [-0.2, 0) is 16.0 Å². The third-order valence-corrected chi connectivity index (χ3v) is 2.88. The van der Waals surface area contributed by atoms with Crippen molar-refractivity contribution in [3.8, 4) is 0 Å². The second-order valence-corrected chi connectivity index (χ2v) is 4.37. The van der Waals surface area contributed by atoms with Crippen molar-refractivity contribution in [3.63, 3.8) is 0 Å². The van der Waals surface area contributed by atoms with E-state index in [0.29, 0.717) is 23.8 Å². The van der Waals surface area contributed by atoms with Crippen molar-refractivity contribution in [3.05, 3.63) is 65.2 Å². The Balaban J connectivity index is 2.24. The van der Waals surface area contributed by atoms with Gasteiger partial charge in [-0.25, -0.2) is 9.18 Å². The maximum atomic E-state index is 12.8. The Morgan fingerprint density at radius 1 is 1.14 bits per heavy atom. The van der Waals surface area contributed by atoms with Gasteiger partial charge in [-0.15, -0.1) is 0 Å². The Labute approximate surface area is 119 Å². The van der Waals surface area contributed by atoms with Crippen molar-refractivity contribution < 1.29 is 24.2 Å². The van der Waals surface area contributed by atoms with Crippen molar-refractivity contribution in [1.29, 1.82) is 0 Å². The van der Waals surface area contributed by atoms with E-state index in [1.807, 2.05) is 0 Å². The highest BCUT2D eigenvalue weighted by atomic mass is 19.1. The van der Waals surface area contributed by atoms with Gasteiger partial charge in [-0.1, -0.05) is 12.1 Å². The maximum Gasteiger partial charge on any atom is 0.376 e. The number of ketones is 1. The molecule has 2 rings (SSSR count). The molecule has 0 fully saturated rings. The van der Waals surface area contributed by atoms with Crippen LogP contribution < -0.4 is 0 Å². The molecule has 6 heteroatoms. The van der Waals surface area contributed by atoms with Gasteiger partial charge in [0.25, 0.3) is 5.78 Å². The lowest BCUT2D eigenvalue weighted by atomic mass is 10.1. The predicted molar refractivity (Wildman–Crippen MR) is 73.2 cm³/mol. The summed E-state index contributed by atoms with van der Waals surface area (Å²) in [6, 6.07) is 7.37. The van der Waals surface area contributed by atoms with E-state index in [1.165, 1.54) is 18.2 Å². The van der Waals surface area contributed by atoms with E-state index >= 15 is 0 Å². The van der Waals surface area contributed by atoms with Crippen LogP contribution in [0.2, 0.25) is 0 Å². The van der Waals surface area contributed by atoms with Crippen LogP contribution in [0.25, 0.3) is 5.76 Å². The van der Waals surface area contributed by atoms with Gasteiger partial charge >= 0.3 is 5.97 Å². The number of carbonyl (C=O) groups excluding carboxylic acids is 1. The van der Waals surface area contributed by atoms with Crippen LogP contribution in [0.5, 0.6) is 0 Å². The normalized spacial score (nSPS) is 11.4. The highest BCUT2D eigenvalue weighted by Gasteiger charge is 2.14. The van der Waals surface area contributed by atoms with Crippen LogP contribution in [0, 0.1) is 5.82 Å². The van der Waals surface area contributed by atoms with Gasteiger partial charge in [-0.05, 0) is 23.8 Å². The summed E-state index contributed by atoms with van der Waals surface area (Å²) in [5, 5.41) is 18.3. The Morgan fingerprint density at radius 2 is 1.81 bits per heavy atom. The van der Waals surface area contributed by atoms with Gasteiger partial charge in [0, 0.05) is 30.0 Å². The lowest BCUT2D eigenvalue weighted by molar-refractivity contribution is -0.146. The van der Waals surface area contributed by atoms with E-state index in [2.05, 4.69) is 4.98 Å². The molecule has 0 unspecified atom stereocenters. The first-order chi connectivity index (χ1) is 9.97. The molecule has 0 aliphatic carbocycles. The number of rotatable bonds is 5. The summed E-state index contributed by atoms with van der Waals surface area (Å²) < 4.78 is 12.8. The maximum absolute atomic E-state index is 12.8. The van der Waals surface area contributed by atoms with Crippen molar-refractivity contribution in [2.24, 2.45) is 0 Å². The number of aromatic amines is 1. The van der Waals surface area contributed by atoms with E-state index in [1.54, 1.807) is 18.3 Å². The molecular weight excluding hydrogens is 277 g/mol. The molecule has 0 amide bonds. The molecule has 0 saturated carbocycles. The third-order valence-electron chi connectivity index (χ3n) is 2.88. The molecule has 0 radical (unpaired) electrons. The van der Waals surface area contributed by atoms with Crippen LogP contribution in [-0.4, -0.2) is 26.9 Å². The smallest absolute Gasteiger partial charge is 0.376 e. The molecule has 0 spiro atoms. The second-order valence-electron chi connectivity index (χ2n) is 4.37. The average Bonchev–Trinajstić information content (AvgIpc) is 2.89. The van der Waals surface area contributed by atoms with Gasteiger partial charge in [-0.3, -0.25) is 4.79 Å². The van der Waals surface area contributed by atoms with E-state index in [9.17, 15) is 19.1 Å². The second kappa shape index (κ2) is 6.04. The molecule has 1 aromatic heterocycles. The van der Waals surface area contributed by atoms with Gasteiger partial charge in [0.05, 0.1) is 0 Å². The quantitative estimate of drug-likeness (QED) is 0.447. The first-order valence-electron chi connectivity index (χ1n) is 6.06. The van der Waals surface area contributed by atoms with Crippen LogP contribution in [0.3, 0.4) is 0 Å². The number of aromatic nitrogens is 1. The molecule has 0 aliphatic rings. The predicted octanol–water partition coefficient (Wildman–Crippen LogP) is 2.30. The summed E-state index contributed by atoms with van der Waals surface area (Å²) in [7, 11) is 0. The molecule has 2 aromatic rings. The zero-order valence-corrected chi connectivity index (χ0v) is 10.8. The molecule has 0 aliphatic heterocycles. The summed E-state index contributed by atoms with van der Waals surface area (Å²) in [5.74, 6) is -3.63. The number of carboxylic acid groups (broad SMARTS) is 1. The number of carbonyl (C=O) groups is 2. The standard InChI is InChI=1S/C15H12FNO4/c16-10-3-1-9(2-4-10)7-12-11(5-6-17-12)13(18)8-14(19)15(20)21/h1-6,8,17-18H,7H2,(H,20,21). The minimum Gasteiger partial charge on any atom is -0.507 e. The average molecular weight is 289 g/mol. The Hall–Kier alpha value is -2.89. The van der Waals surface area contributed by atoms with Crippen LogP contribution >= 0.6 is 0 Å². The summed E-state index contributed by atoms with van der Waals surface area (Å²) in [6.45, 7) is 0. The van der Waals surface area contributed by atoms with E-state index in [4.69, 9.17) is 5.11 Å². The molecular formula is C15H12FNO4. The summed E-state index contributed by atoms with van der Waals surface area (Å²) in [4.78, 5) is 24.4. The molecule has 108 valence electrons. The van der Waals surface area contributed by atoms with E-state index < -0.39 is 17.5 Å². The zero-order chi connectivity index (χ0) is 15.4. The third kappa shape index (κ3) is 3.56. The Bertz CT molecular complexity index is 701. The number of halogens is 1. The van der Waals surface area contributed by atoms with Crippen molar-refractivity contribution in [2.45, 2.75) is 6.42 Å². The fraction of sp³-hybridized carbons (Fsp3) is 0.0667. The van der Waals surface area contributed by atoms with Gasteiger partial charge in [0.1, 0.15) is 11.6 Å². The molecule has 1 aromatic carbocycles. The van der Waals surface area contributed by atoms with Gasteiger partial charge < -0.3 is 15.2 Å². The van der Waals surface area contributed by atoms with E-state index in [-0.39, 0.29) is 5.82 Å². The minimum atomic E-state index is -1.64. The lowest BCUT2D eigenvalue weighted by Gasteiger charge is -2.04.